The van der Waals surface area contributed by atoms with Crippen molar-refractivity contribution in [3.8, 4) is 5.75 Å². The second-order valence-electron chi connectivity index (χ2n) is 2.75. The minimum atomic E-state index is 0.0106. The molecule has 0 bridgehead atoms. The van der Waals surface area contributed by atoms with Crippen LogP contribution in [0.1, 0.15) is 23.7 Å². The summed E-state index contributed by atoms with van der Waals surface area (Å²) in [6.07, 6.45) is 0.430. The Morgan fingerprint density at radius 3 is 2.21 bits per heavy atom. The maximum absolute atomic E-state index is 11.4. The molecule has 0 aliphatic heterocycles. The molecule has 14 heavy (non-hydrogen) atoms. The van der Waals surface area contributed by atoms with E-state index in [9.17, 15) is 4.79 Å². The van der Waals surface area contributed by atoms with E-state index in [1.165, 1.54) is 7.11 Å². The summed E-state index contributed by atoms with van der Waals surface area (Å²) in [7, 11) is 1.48. The molecule has 2 nitrogen and oxygen atoms in total. The molecule has 0 heterocycles. The number of ether oxygens (including phenoxy) is 1. The van der Waals surface area contributed by atoms with Crippen LogP contribution in [0, 0.1) is 0 Å². The van der Waals surface area contributed by atoms with Gasteiger partial charge in [-0.3, -0.25) is 4.79 Å². The Hall–Kier alpha value is -0.730. The summed E-state index contributed by atoms with van der Waals surface area (Å²) >= 11 is 11.7. The number of carbonyl (C=O) groups is 1. The lowest BCUT2D eigenvalue weighted by atomic mass is 10.1. The van der Waals surface area contributed by atoms with E-state index in [4.69, 9.17) is 27.9 Å². The van der Waals surface area contributed by atoms with E-state index in [0.29, 0.717) is 27.8 Å². The summed E-state index contributed by atoms with van der Waals surface area (Å²) in [5.74, 6) is 0.414. The number of halogens is 2. The van der Waals surface area contributed by atoms with Crippen molar-refractivity contribution in [3.05, 3.63) is 27.7 Å². The van der Waals surface area contributed by atoms with Crippen molar-refractivity contribution in [1.29, 1.82) is 0 Å². The van der Waals surface area contributed by atoms with Gasteiger partial charge in [0.25, 0.3) is 0 Å². The Kier molecular flexibility index (Phi) is 3.78. The molecule has 0 amide bonds. The molecule has 4 heteroatoms. The van der Waals surface area contributed by atoms with Crippen molar-refractivity contribution in [1.82, 2.24) is 0 Å². The van der Waals surface area contributed by atoms with Crippen LogP contribution in [-0.4, -0.2) is 12.9 Å². The van der Waals surface area contributed by atoms with Crippen molar-refractivity contribution in [3.63, 3.8) is 0 Å². The van der Waals surface area contributed by atoms with Gasteiger partial charge in [-0.05, 0) is 12.1 Å². The second-order valence-corrected chi connectivity index (χ2v) is 3.56. The van der Waals surface area contributed by atoms with E-state index in [-0.39, 0.29) is 5.78 Å². The Labute approximate surface area is 92.8 Å². The fourth-order valence-electron chi connectivity index (χ4n) is 1.12. The van der Waals surface area contributed by atoms with Gasteiger partial charge in [0.2, 0.25) is 0 Å². The van der Waals surface area contributed by atoms with Gasteiger partial charge in [-0.2, -0.15) is 0 Å². The fraction of sp³-hybridized carbons (Fsp3) is 0.300. The Morgan fingerprint density at radius 2 is 1.86 bits per heavy atom. The molecular formula is C10H10Cl2O2. The van der Waals surface area contributed by atoms with E-state index in [2.05, 4.69) is 0 Å². The molecule has 0 aliphatic rings. The summed E-state index contributed by atoms with van der Waals surface area (Å²) < 4.78 is 4.97. The first-order chi connectivity index (χ1) is 6.60. The van der Waals surface area contributed by atoms with Gasteiger partial charge in [-0.1, -0.05) is 30.1 Å². The molecule has 0 spiro atoms. The summed E-state index contributed by atoms with van der Waals surface area (Å²) in [6, 6.07) is 3.14. The highest BCUT2D eigenvalue weighted by Crippen LogP contribution is 2.34. The molecule has 76 valence electrons. The van der Waals surface area contributed by atoms with Gasteiger partial charge in [-0.25, -0.2) is 0 Å². The van der Waals surface area contributed by atoms with Crippen LogP contribution in [-0.2, 0) is 0 Å². The van der Waals surface area contributed by atoms with Gasteiger partial charge in [0.05, 0.1) is 17.2 Å². The standard InChI is InChI=1S/C10H10Cl2O2/c1-3-9(13)6-4-7(11)10(14-2)8(12)5-6/h4-5H,3H2,1-2H3. The van der Waals surface area contributed by atoms with Gasteiger partial charge < -0.3 is 4.74 Å². The first kappa shape index (κ1) is 11.3. The molecular weight excluding hydrogens is 223 g/mol. The zero-order valence-electron chi connectivity index (χ0n) is 7.93. The van der Waals surface area contributed by atoms with E-state index in [1.807, 2.05) is 0 Å². The van der Waals surface area contributed by atoms with E-state index >= 15 is 0 Å². The maximum atomic E-state index is 11.4. The highest BCUT2D eigenvalue weighted by atomic mass is 35.5. The molecule has 1 aromatic carbocycles. The largest absolute Gasteiger partial charge is 0.494 e. The predicted molar refractivity (Wildman–Crippen MR) is 57.6 cm³/mol. The fourth-order valence-corrected chi connectivity index (χ4v) is 1.76. The molecule has 0 N–H and O–H groups in total. The van der Waals surface area contributed by atoms with Crippen LogP contribution in [0.3, 0.4) is 0 Å². The summed E-state index contributed by atoms with van der Waals surface area (Å²) in [6.45, 7) is 1.79. The lowest BCUT2D eigenvalue weighted by molar-refractivity contribution is 0.0988. The number of methoxy groups -OCH3 is 1. The molecule has 0 unspecified atom stereocenters. The van der Waals surface area contributed by atoms with Crippen LogP contribution in [0.5, 0.6) is 5.75 Å². The third-order valence-electron chi connectivity index (χ3n) is 1.85. The Bertz CT molecular complexity index is 338. The average Bonchev–Trinajstić information content (AvgIpc) is 2.16. The van der Waals surface area contributed by atoms with Gasteiger partial charge in [0.1, 0.15) is 0 Å². The topological polar surface area (TPSA) is 26.3 Å². The van der Waals surface area contributed by atoms with Crippen LogP contribution in [0.4, 0.5) is 0 Å². The zero-order valence-corrected chi connectivity index (χ0v) is 9.45. The van der Waals surface area contributed by atoms with Crippen LogP contribution in [0.2, 0.25) is 10.0 Å². The van der Waals surface area contributed by atoms with E-state index < -0.39 is 0 Å². The number of hydrogen-bond acceptors (Lipinski definition) is 2. The number of rotatable bonds is 3. The molecule has 0 radical (unpaired) electrons. The van der Waals surface area contributed by atoms with Crippen LogP contribution in [0.25, 0.3) is 0 Å². The van der Waals surface area contributed by atoms with Gasteiger partial charge in [-0.15, -0.1) is 0 Å². The van der Waals surface area contributed by atoms with Gasteiger partial charge >= 0.3 is 0 Å². The van der Waals surface area contributed by atoms with Crippen molar-refractivity contribution >= 4 is 29.0 Å². The smallest absolute Gasteiger partial charge is 0.162 e. The molecule has 0 aromatic heterocycles. The van der Waals surface area contributed by atoms with E-state index in [1.54, 1.807) is 19.1 Å². The molecule has 0 aliphatic carbocycles. The molecule has 1 aromatic rings. The molecule has 0 saturated carbocycles. The van der Waals surface area contributed by atoms with Crippen LogP contribution in [0.15, 0.2) is 12.1 Å². The quantitative estimate of drug-likeness (QED) is 0.745. The van der Waals surface area contributed by atoms with Crippen molar-refractivity contribution in [2.24, 2.45) is 0 Å². The Morgan fingerprint density at radius 1 is 1.36 bits per heavy atom. The lowest BCUT2D eigenvalue weighted by Crippen LogP contribution is -1.97. The molecule has 0 atom stereocenters. The minimum Gasteiger partial charge on any atom is -0.494 e. The summed E-state index contributed by atoms with van der Waals surface area (Å²) in [5.41, 5.74) is 0.517. The third kappa shape index (κ3) is 2.20. The molecule has 0 saturated heterocycles. The number of Topliss-reactive ketones (excluding diaryl/α,β-unsaturated/α-hetero) is 1. The normalized spacial score (nSPS) is 10.0. The number of ketones is 1. The van der Waals surface area contributed by atoms with Crippen LogP contribution < -0.4 is 4.74 Å². The highest BCUT2D eigenvalue weighted by Gasteiger charge is 2.11. The summed E-state index contributed by atoms with van der Waals surface area (Å²) in [5, 5.41) is 0.716. The minimum absolute atomic E-state index is 0.0106. The number of benzene rings is 1. The van der Waals surface area contributed by atoms with E-state index in [0.717, 1.165) is 0 Å². The Balaban J connectivity index is 3.20. The van der Waals surface area contributed by atoms with Crippen molar-refractivity contribution < 1.29 is 9.53 Å². The SMILES string of the molecule is CCC(=O)c1cc(Cl)c(OC)c(Cl)c1. The molecule has 0 fully saturated rings. The second kappa shape index (κ2) is 4.67. The van der Waals surface area contributed by atoms with Gasteiger partial charge in [0.15, 0.2) is 11.5 Å². The summed E-state index contributed by atoms with van der Waals surface area (Å²) in [4.78, 5) is 11.4. The first-order valence-electron chi connectivity index (χ1n) is 4.16. The average molecular weight is 233 g/mol. The number of carbonyl (C=O) groups excluding carboxylic acids is 1. The zero-order chi connectivity index (χ0) is 10.7. The molecule has 1 rings (SSSR count). The number of hydrogen-bond donors (Lipinski definition) is 0. The third-order valence-corrected chi connectivity index (χ3v) is 2.41. The predicted octanol–water partition coefficient (Wildman–Crippen LogP) is 3.59. The van der Waals surface area contributed by atoms with Crippen molar-refractivity contribution in [2.75, 3.05) is 7.11 Å². The highest BCUT2D eigenvalue weighted by molar-refractivity contribution is 6.37. The van der Waals surface area contributed by atoms with Crippen LogP contribution >= 0.6 is 23.2 Å². The first-order valence-corrected chi connectivity index (χ1v) is 4.92. The van der Waals surface area contributed by atoms with Gasteiger partial charge in [0, 0.05) is 12.0 Å². The monoisotopic (exact) mass is 232 g/mol. The lowest BCUT2D eigenvalue weighted by Gasteiger charge is -2.07. The van der Waals surface area contributed by atoms with Crippen molar-refractivity contribution in [2.45, 2.75) is 13.3 Å². The maximum Gasteiger partial charge on any atom is 0.162 e.